The van der Waals surface area contributed by atoms with Crippen LogP contribution in [0, 0.1) is 11.5 Å². The second kappa shape index (κ2) is 4.50. The molecule has 0 atom stereocenters. The molecule has 0 saturated heterocycles. The van der Waals surface area contributed by atoms with Crippen LogP contribution in [0.5, 0.6) is 5.75 Å². The second-order valence-corrected chi connectivity index (χ2v) is 3.84. The first-order valence-corrected chi connectivity index (χ1v) is 5.27. The Kier molecular flexibility index (Phi) is 3.47. The first-order chi connectivity index (χ1) is 7.74. The molecule has 0 unspecified atom stereocenters. The molecular weight excluding hydrogens is 263 g/mol. The summed E-state index contributed by atoms with van der Waals surface area (Å²) in [5.41, 5.74) is -0.955. The number of nitriles is 1. The van der Waals surface area contributed by atoms with Crippen molar-refractivity contribution >= 4 is 10.4 Å². The van der Waals surface area contributed by atoms with Gasteiger partial charge in [-0.15, -0.1) is 13.7 Å². The van der Waals surface area contributed by atoms with Crippen LogP contribution in [0.2, 0.25) is 0 Å². The minimum Gasteiger partial charge on any atom is -0.352 e. The SMILES string of the molecule is N#COS(=O)(=O)Oc1ccc(C(F)(F)F)cc1. The van der Waals surface area contributed by atoms with Crippen molar-refractivity contribution in [2.24, 2.45) is 0 Å². The normalized spacial score (nSPS) is 11.6. The number of alkyl halides is 3. The minimum atomic E-state index is -4.58. The largest absolute Gasteiger partial charge is 0.511 e. The molecule has 0 amide bonds. The van der Waals surface area contributed by atoms with E-state index in [1.54, 1.807) is 0 Å². The number of hydrogen-bond donors (Lipinski definition) is 0. The molecule has 0 fully saturated rings. The van der Waals surface area contributed by atoms with Crippen LogP contribution in [0.1, 0.15) is 5.56 Å². The lowest BCUT2D eigenvalue weighted by molar-refractivity contribution is -0.137. The first-order valence-electron chi connectivity index (χ1n) is 3.94. The van der Waals surface area contributed by atoms with Gasteiger partial charge in [-0.3, -0.25) is 4.18 Å². The molecule has 0 aromatic heterocycles. The molecule has 92 valence electrons. The van der Waals surface area contributed by atoms with Gasteiger partial charge in [0.05, 0.1) is 5.56 Å². The van der Waals surface area contributed by atoms with Crippen molar-refractivity contribution in [1.29, 1.82) is 5.26 Å². The summed E-state index contributed by atoms with van der Waals surface area (Å²) in [7, 11) is -4.58. The molecule has 0 bridgehead atoms. The Morgan fingerprint density at radius 1 is 1.18 bits per heavy atom. The molecule has 1 aromatic carbocycles. The first kappa shape index (κ1) is 13.1. The van der Waals surface area contributed by atoms with Crippen molar-refractivity contribution < 1.29 is 30.0 Å². The molecule has 0 aliphatic rings. The third-order valence-corrected chi connectivity index (χ3v) is 2.19. The summed E-state index contributed by atoms with van der Waals surface area (Å²) < 4.78 is 65.8. The van der Waals surface area contributed by atoms with E-state index in [0.717, 1.165) is 18.4 Å². The highest BCUT2D eigenvalue weighted by atomic mass is 32.3. The van der Waals surface area contributed by atoms with Gasteiger partial charge in [0.2, 0.25) is 0 Å². The Morgan fingerprint density at radius 3 is 2.12 bits per heavy atom. The van der Waals surface area contributed by atoms with Crippen molar-refractivity contribution in [3.05, 3.63) is 29.8 Å². The molecule has 9 heteroatoms. The highest BCUT2D eigenvalue weighted by Gasteiger charge is 2.30. The monoisotopic (exact) mass is 267 g/mol. The second-order valence-electron chi connectivity index (χ2n) is 2.69. The lowest BCUT2D eigenvalue weighted by Gasteiger charge is -2.07. The van der Waals surface area contributed by atoms with Gasteiger partial charge >= 0.3 is 22.8 Å². The molecule has 1 aromatic rings. The highest BCUT2D eigenvalue weighted by molar-refractivity contribution is 7.82. The van der Waals surface area contributed by atoms with E-state index in [0.29, 0.717) is 12.1 Å². The fraction of sp³-hybridized carbons (Fsp3) is 0.125. The Hall–Kier alpha value is -1.95. The van der Waals surface area contributed by atoms with Crippen molar-refractivity contribution in [3.63, 3.8) is 0 Å². The topological polar surface area (TPSA) is 76.4 Å². The summed E-state index contributed by atoms with van der Waals surface area (Å²) >= 11 is 0. The lowest BCUT2D eigenvalue weighted by atomic mass is 10.2. The van der Waals surface area contributed by atoms with Gasteiger partial charge in [-0.2, -0.15) is 13.2 Å². The van der Waals surface area contributed by atoms with Gasteiger partial charge in [-0.1, -0.05) is 0 Å². The van der Waals surface area contributed by atoms with Gasteiger partial charge in [0.15, 0.2) is 0 Å². The van der Waals surface area contributed by atoms with Crippen LogP contribution >= 0.6 is 0 Å². The summed E-state index contributed by atoms with van der Waals surface area (Å²) in [6, 6.07) is 2.86. The van der Waals surface area contributed by atoms with Gasteiger partial charge in [0.25, 0.3) is 0 Å². The average Bonchev–Trinajstić information content (AvgIpc) is 2.16. The Bertz CT molecular complexity index is 529. The predicted molar refractivity (Wildman–Crippen MR) is 47.7 cm³/mol. The van der Waals surface area contributed by atoms with Gasteiger partial charge in [-0.25, -0.2) is 0 Å². The molecular formula is C8H4F3NO4S. The summed E-state index contributed by atoms with van der Waals surface area (Å²) in [4.78, 5) is 0. The standard InChI is InChI=1S/C8H4F3NO4S/c9-8(10,11)6-1-3-7(4-2-6)16-17(13,14)15-5-12/h1-4H. The Balaban J connectivity index is 2.87. The molecule has 0 N–H and O–H groups in total. The van der Waals surface area contributed by atoms with Crippen LogP contribution in [0.4, 0.5) is 13.2 Å². The van der Waals surface area contributed by atoms with Crippen LogP contribution < -0.4 is 4.18 Å². The average molecular weight is 267 g/mol. The van der Waals surface area contributed by atoms with Crippen LogP contribution in [0.25, 0.3) is 0 Å². The zero-order chi connectivity index (χ0) is 13.1. The zero-order valence-electron chi connectivity index (χ0n) is 7.93. The van der Waals surface area contributed by atoms with Gasteiger partial charge in [0, 0.05) is 0 Å². The van der Waals surface area contributed by atoms with Crippen molar-refractivity contribution in [3.8, 4) is 12.0 Å². The van der Waals surface area contributed by atoms with Crippen molar-refractivity contribution in [2.75, 3.05) is 0 Å². The number of rotatable bonds is 3. The van der Waals surface area contributed by atoms with E-state index in [1.807, 2.05) is 0 Å². The van der Waals surface area contributed by atoms with Crippen molar-refractivity contribution in [2.45, 2.75) is 6.18 Å². The van der Waals surface area contributed by atoms with Crippen LogP contribution in [0.3, 0.4) is 0 Å². The number of hydrogen-bond acceptors (Lipinski definition) is 5. The Labute approximate surface area is 94.3 Å². The van der Waals surface area contributed by atoms with E-state index in [1.165, 1.54) is 0 Å². The summed E-state index contributed by atoms with van der Waals surface area (Å²) in [6.45, 7) is 0. The fourth-order valence-electron chi connectivity index (χ4n) is 0.880. The van der Waals surface area contributed by atoms with E-state index in [2.05, 4.69) is 8.37 Å². The Morgan fingerprint density at radius 2 is 1.71 bits per heavy atom. The predicted octanol–water partition coefficient (Wildman–Crippen LogP) is 1.83. The van der Waals surface area contributed by atoms with Crippen LogP contribution in [-0.2, 0) is 20.8 Å². The van der Waals surface area contributed by atoms with E-state index in [4.69, 9.17) is 5.26 Å². The molecule has 0 aliphatic carbocycles. The molecule has 0 saturated carbocycles. The van der Waals surface area contributed by atoms with E-state index >= 15 is 0 Å². The van der Waals surface area contributed by atoms with Crippen molar-refractivity contribution in [1.82, 2.24) is 0 Å². The molecule has 5 nitrogen and oxygen atoms in total. The number of benzene rings is 1. The molecule has 0 heterocycles. The fourth-order valence-corrected chi connectivity index (χ4v) is 1.35. The molecule has 0 radical (unpaired) electrons. The zero-order valence-corrected chi connectivity index (χ0v) is 8.75. The van der Waals surface area contributed by atoms with Crippen LogP contribution in [0.15, 0.2) is 24.3 Å². The van der Waals surface area contributed by atoms with Gasteiger partial charge in [-0.05, 0) is 24.3 Å². The molecule has 17 heavy (non-hydrogen) atoms. The number of halogens is 3. The molecule has 1 rings (SSSR count). The van der Waals surface area contributed by atoms with Gasteiger partial charge < -0.3 is 4.18 Å². The summed E-state index contributed by atoms with van der Waals surface area (Å²) in [5.74, 6) is -0.395. The highest BCUT2D eigenvalue weighted by Crippen LogP contribution is 2.30. The van der Waals surface area contributed by atoms with Gasteiger partial charge in [0.1, 0.15) is 5.75 Å². The maximum Gasteiger partial charge on any atom is 0.511 e. The van der Waals surface area contributed by atoms with E-state index in [-0.39, 0.29) is 0 Å². The maximum absolute atomic E-state index is 12.2. The molecule has 0 aliphatic heterocycles. The smallest absolute Gasteiger partial charge is 0.352 e. The molecule has 0 spiro atoms. The van der Waals surface area contributed by atoms with Crippen LogP contribution in [-0.4, -0.2) is 8.42 Å². The minimum absolute atomic E-state index is 0.395. The third-order valence-electron chi connectivity index (χ3n) is 1.52. The summed E-state index contributed by atoms with van der Waals surface area (Å²) in [6.07, 6.45) is -3.66. The van der Waals surface area contributed by atoms with E-state index < -0.39 is 27.9 Å². The number of nitrogens with zero attached hydrogens (tertiary/aromatic N) is 1. The quantitative estimate of drug-likeness (QED) is 0.781. The maximum atomic E-state index is 12.2. The summed E-state index contributed by atoms with van der Waals surface area (Å²) in [5, 5.41) is 7.95. The lowest BCUT2D eigenvalue weighted by Crippen LogP contribution is -2.10. The third kappa shape index (κ3) is 3.84. The van der Waals surface area contributed by atoms with E-state index in [9.17, 15) is 21.6 Å².